The minimum Gasteiger partial charge on any atom is -0.355 e. The van der Waals surface area contributed by atoms with Crippen molar-refractivity contribution >= 4 is 22.8 Å². The zero-order valence-corrected chi connectivity index (χ0v) is 17.0. The number of carbonyl (C=O) groups is 1. The number of pyridine rings is 1. The number of nitrogens with one attached hydrogen (secondary N) is 2. The van der Waals surface area contributed by atoms with Crippen LogP contribution in [0.1, 0.15) is 30.5 Å². The molecule has 4 heterocycles. The summed E-state index contributed by atoms with van der Waals surface area (Å²) in [5, 5.41) is 4.12. The van der Waals surface area contributed by atoms with E-state index in [1.807, 2.05) is 12.3 Å². The molecule has 1 aliphatic heterocycles. The van der Waals surface area contributed by atoms with Crippen molar-refractivity contribution in [1.29, 1.82) is 0 Å². The molecule has 0 bridgehead atoms. The molecule has 1 aliphatic carbocycles. The van der Waals surface area contributed by atoms with E-state index in [4.69, 9.17) is 0 Å². The number of H-pyrrole nitrogens is 1. The van der Waals surface area contributed by atoms with E-state index in [-0.39, 0.29) is 23.1 Å². The Balaban J connectivity index is 1.22. The van der Waals surface area contributed by atoms with Gasteiger partial charge in [-0.3, -0.25) is 9.78 Å². The van der Waals surface area contributed by atoms with Gasteiger partial charge < -0.3 is 15.2 Å². The zero-order valence-electron chi connectivity index (χ0n) is 17.0. The summed E-state index contributed by atoms with van der Waals surface area (Å²) in [5.74, 6) is 0.802. The average Bonchev–Trinajstić information content (AvgIpc) is 3.32. The molecule has 8 heteroatoms. The minimum absolute atomic E-state index is 0.0280. The zero-order chi connectivity index (χ0) is 20.7. The van der Waals surface area contributed by atoms with Gasteiger partial charge in [-0.05, 0) is 49.3 Å². The first-order valence-electron chi connectivity index (χ1n) is 10.5. The molecule has 1 saturated carbocycles. The number of fused-ring (bicyclic) bond motifs is 1. The Kier molecular flexibility index (Phi) is 4.64. The van der Waals surface area contributed by atoms with Crippen molar-refractivity contribution < 1.29 is 9.18 Å². The van der Waals surface area contributed by atoms with Gasteiger partial charge in [-0.2, -0.15) is 0 Å². The molecule has 0 aromatic carbocycles. The van der Waals surface area contributed by atoms with Crippen LogP contribution in [0.25, 0.3) is 11.0 Å². The molecule has 30 heavy (non-hydrogen) atoms. The fourth-order valence-corrected chi connectivity index (χ4v) is 4.70. The number of piperidine rings is 1. The third-order valence-corrected chi connectivity index (χ3v) is 6.56. The molecule has 5 rings (SSSR count). The molecule has 1 atom stereocenters. The molecule has 3 aromatic heterocycles. The van der Waals surface area contributed by atoms with Crippen molar-refractivity contribution in [2.24, 2.45) is 11.3 Å². The number of rotatable bonds is 5. The quantitative estimate of drug-likeness (QED) is 0.678. The Morgan fingerprint density at radius 3 is 3.03 bits per heavy atom. The Hall–Kier alpha value is -3.03. The van der Waals surface area contributed by atoms with E-state index in [1.54, 1.807) is 19.3 Å². The molecule has 2 aliphatic rings. The lowest BCUT2D eigenvalue weighted by Gasteiger charge is -2.39. The van der Waals surface area contributed by atoms with Crippen LogP contribution in [-0.2, 0) is 11.2 Å². The molecular formula is C22H25FN6O. The number of amides is 1. The van der Waals surface area contributed by atoms with E-state index >= 15 is 0 Å². The fourth-order valence-electron chi connectivity index (χ4n) is 4.70. The minimum atomic E-state index is -0.300. The number of aryl methyl sites for hydroxylation is 1. The first-order chi connectivity index (χ1) is 14.6. The molecule has 156 valence electrons. The van der Waals surface area contributed by atoms with Crippen LogP contribution in [-0.4, -0.2) is 45.5 Å². The molecule has 0 radical (unpaired) electrons. The molecule has 7 nitrogen and oxygen atoms in total. The smallest absolute Gasteiger partial charge is 0.223 e. The van der Waals surface area contributed by atoms with Gasteiger partial charge in [0.25, 0.3) is 0 Å². The van der Waals surface area contributed by atoms with E-state index in [9.17, 15) is 9.18 Å². The van der Waals surface area contributed by atoms with Crippen LogP contribution in [0.4, 0.5) is 10.2 Å². The van der Waals surface area contributed by atoms with Crippen molar-refractivity contribution in [2.45, 2.75) is 32.6 Å². The van der Waals surface area contributed by atoms with Crippen molar-refractivity contribution in [1.82, 2.24) is 25.3 Å². The highest BCUT2D eigenvalue weighted by atomic mass is 19.1. The SMILES string of the molecule is Cc1cc(CCNC(=O)C2CCN(c3ncnc4[nH]ccc34)CC23CC3)ncc1F. The first kappa shape index (κ1) is 19.0. The predicted molar refractivity (Wildman–Crippen MR) is 112 cm³/mol. The number of hydrogen-bond acceptors (Lipinski definition) is 5. The summed E-state index contributed by atoms with van der Waals surface area (Å²) in [6.45, 7) is 3.89. The van der Waals surface area contributed by atoms with Crippen molar-refractivity contribution in [3.8, 4) is 0 Å². The summed E-state index contributed by atoms with van der Waals surface area (Å²) >= 11 is 0. The standard InChI is InChI=1S/C22H25FN6O/c1-14-10-15(26-11-18(14)23)2-7-25-21(30)17-4-9-29(12-22(17)5-6-22)20-16-3-8-24-19(16)27-13-28-20/h3,8,10-11,13,17H,2,4-7,9,12H2,1H3,(H,25,30)(H,24,27,28). The highest BCUT2D eigenvalue weighted by molar-refractivity contribution is 5.87. The third-order valence-electron chi connectivity index (χ3n) is 6.56. The van der Waals surface area contributed by atoms with Gasteiger partial charge in [-0.25, -0.2) is 14.4 Å². The Morgan fingerprint density at radius 1 is 1.37 bits per heavy atom. The highest BCUT2D eigenvalue weighted by Gasteiger charge is 2.55. The van der Waals surface area contributed by atoms with Gasteiger partial charge in [0.05, 0.1) is 11.6 Å². The van der Waals surface area contributed by atoms with Gasteiger partial charge in [-0.15, -0.1) is 0 Å². The largest absolute Gasteiger partial charge is 0.355 e. The molecule has 3 aromatic rings. The molecule has 2 fully saturated rings. The summed E-state index contributed by atoms with van der Waals surface area (Å²) in [4.78, 5) is 31.3. The Morgan fingerprint density at radius 2 is 2.23 bits per heavy atom. The number of anilines is 1. The molecule has 1 spiro atoms. The molecule has 1 saturated heterocycles. The van der Waals surface area contributed by atoms with Gasteiger partial charge in [-0.1, -0.05) is 0 Å². The number of aromatic amines is 1. The molecule has 1 unspecified atom stereocenters. The molecule has 2 N–H and O–H groups in total. The third kappa shape index (κ3) is 3.40. The lowest BCUT2D eigenvalue weighted by Crippen LogP contribution is -2.48. The van der Waals surface area contributed by atoms with Gasteiger partial charge in [0.1, 0.15) is 23.6 Å². The summed E-state index contributed by atoms with van der Waals surface area (Å²) in [5.41, 5.74) is 2.26. The number of halogens is 1. The molecule has 1 amide bonds. The van der Waals surface area contributed by atoms with Crippen LogP contribution < -0.4 is 10.2 Å². The monoisotopic (exact) mass is 408 g/mol. The van der Waals surface area contributed by atoms with Gasteiger partial charge >= 0.3 is 0 Å². The summed E-state index contributed by atoms with van der Waals surface area (Å²) in [6.07, 6.45) is 8.28. The maximum atomic E-state index is 13.4. The summed E-state index contributed by atoms with van der Waals surface area (Å²) in [6, 6.07) is 3.75. The lowest BCUT2D eigenvalue weighted by atomic mass is 9.81. The maximum absolute atomic E-state index is 13.4. The van der Waals surface area contributed by atoms with Crippen LogP contribution >= 0.6 is 0 Å². The van der Waals surface area contributed by atoms with Gasteiger partial charge in [0.2, 0.25) is 5.91 Å². The second kappa shape index (κ2) is 7.34. The van der Waals surface area contributed by atoms with Crippen molar-refractivity contribution in [3.63, 3.8) is 0 Å². The topological polar surface area (TPSA) is 86.8 Å². The molecular weight excluding hydrogens is 383 g/mol. The Labute approximate surface area is 174 Å². The van der Waals surface area contributed by atoms with Crippen LogP contribution in [0.3, 0.4) is 0 Å². The van der Waals surface area contributed by atoms with E-state index in [2.05, 4.69) is 30.2 Å². The number of nitrogens with zero attached hydrogens (tertiary/aromatic N) is 4. The van der Waals surface area contributed by atoms with E-state index in [0.29, 0.717) is 18.5 Å². The van der Waals surface area contributed by atoms with Crippen LogP contribution in [0.5, 0.6) is 0 Å². The first-order valence-corrected chi connectivity index (χ1v) is 10.5. The van der Waals surface area contributed by atoms with E-state index in [1.165, 1.54) is 6.20 Å². The summed E-state index contributed by atoms with van der Waals surface area (Å²) < 4.78 is 13.4. The number of carbonyl (C=O) groups excluding carboxylic acids is 1. The van der Waals surface area contributed by atoms with Gasteiger partial charge in [0, 0.05) is 43.9 Å². The van der Waals surface area contributed by atoms with Crippen molar-refractivity contribution in [2.75, 3.05) is 24.5 Å². The second-order valence-corrected chi connectivity index (χ2v) is 8.53. The second-order valence-electron chi connectivity index (χ2n) is 8.53. The maximum Gasteiger partial charge on any atom is 0.223 e. The van der Waals surface area contributed by atoms with Crippen LogP contribution in [0.15, 0.2) is 30.9 Å². The van der Waals surface area contributed by atoms with Crippen molar-refractivity contribution in [3.05, 3.63) is 47.9 Å². The van der Waals surface area contributed by atoms with Crippen LogP contribution in [0, 0.1) is 24.1 Å². The average molecular weight is 408 g/mol. The van der Waals surface area contributed by atoms with E-state index in [0.717, 1.165) is 54.9 Å². The Bertz CT molecular complexity index is 1090. The van der Waals surface area contributed by atoms with Gasteiger partial charge in [0.15, 0.2) is 0 Å². The fraction of sp³-hybridized carbons (Fsp3) is 0.455. The predicted octanol–water partition coefficient (Wildman–Crippen LogP) is 2.77. The number of hydrogen-bond donors (Lipinski definition) is 2. The van der Waals surface area contributed by atoms with E-state index < -0.39 is 0 Å². The summed E-state index contributed by atoms with van der Waals surface area (Å²) in [7, 11) is 0. The van der Waals surface area contributed by atoms with Crippen LogP contribution in [0.2, 0.25) is 0 Å². The highest BCUT2D eigenvalue weighted by Crippen LogP contribution is 2.56. The normalized spacial score (nSPS) is 19.9. The lowest BCUT2D eigenvalue weighted by molar-refractivity contribution is -0.127. The number of aromatic nitrogens is 4.